The zero-order valence-corrected chi connectivity index (χ0v) is 17.9. The highest BCUT2D eigenvalue weighted by atomic mass is 16.2. The van der Waals surface area contributed by atoms with Gasteiger partial charge < -0.3 is 5.32 Å². The average Bonchev–Trinajstić information content (AvgIpc) is 2.79. The molecule has 1 heterocycles. The minimum absolute atomic E-state index is 0.102. The Labute approximate surface area is 182 Å². The van der Waals surface area contributed by atoms with E-state index in [2.05, 4.69) is 19.2 Å². The molecule has 3 aromatic rings. The van der Waals surface area contributed by atoms with Crippen LogP contribution in [0.15, 0.2) is 54.6 Å². The molecule has 31 heavy (non-hydrogen) atoms. The summed E-state index contributed by atoms with van der Waals surface area (Å²) in [6, 6.07) is 17.1. The van der Waals surface area contributed by atoms with Crippen LogP contribution in [-0.2, 0) is 17.6 Å². The molecule has 0 bridgehead atoms. The highest BCUT2D eigenvalue weighted by Gasteiger charge is 2.32. The molecule has 0 atom stereocenters. The van der Waals surface area contributed by atoms with Crippen molar-refractivity contribution in [1.29, 1.82) is 0 Å². The third kappa shape index (κ3) is 3.83. The Morgan fingerprint density at radius 3 is 1.94 bits per heavy atom. The van der Waals surface area contributed by atoms with Crippen molar-refractivity contribution in [1.82, 2.24) is 4.90 Å². The first-order chi connectivity index (χ1) is 15.0. The number of imide groups is 1. The Bertz CT molecular complexity index is 1110. The van der Waals surface area contributed by atoms with Crippen LogP contribution in [0.4, 0.5) is 5.69 Å². The van der Waals surface area contributed by atoms with Crippen molar-refractivity contribution in [3.63, 3.8) is 0 Å². The number of para-hydroxylation sites is 1. The standard InChI is InChI=1S/C26H26N2O3/c1-3-17-9-5-10-18(4-2)24(17)27-22(29)15-8-16-28-25(30)20-13-6-11-19-12-7-14-21(23(19)20)26(28)31/h5-7,9-14H,3-4,8,15-16H2,1-2H3,(H,27,29). The molecular weight excluding hydrogens is 388 g/mol. The molecule has 1 N–H and O–H groups in total. The number of aryl methyl sites for hydroxylation is 2. The van der Waals surface area contributed by atoms with Crippen molar-refractivity contribution >= 4 is 34.2 Å². The molecule has 3 aromatic carbocycles. The minimum atomic E-state index is -0.292. The van der Waals surface area contributed by atoms with Gasteiger partial charge in [-0.05, 0) is 47.9 Å². The molecule has 0 fully saturated rings. The summed E-state index contributed by atoms with van der Waals surface area (Å²) in [5, 5.41) is 4.65. The van der Waals surface area contributed by atoms with E-state index < -0.39 is 0 Å². The molecular formula is C26H26N2O3. The minimum Gasteiger partial charge on any atom is -0.326 e. The van der Waals surface area contributed by atoms with Gasteiger partial charge in [-0.25, -0.2) is 0 Å². The van der Waals surface area contributed by atoms with Crippen molar-refractivity contribution < 1.29 is 14.4 Å². The predicted octanol–water partition coefficient (Wildman–Crippen LogP) is 4.98. The Morgan fingerprint density at radius 1 is 0.839 bits per heavy atom. The summed E-state index contributed by atoms with van der Waals surface area (Å²) in [4.78, 5) is 39.8. The molecule has 5 nitrogen and oxygen atoms in total. The molecule has 0 spiro atoms. The van der Waals surface area contributed by atoms with Crippen molar-refractivity contribution in [2.75, 3.05) is 11.9 Å². The highest BCUT2D eigenvalue weighted by molar-refractivity contribution is 6.25. The van der Waals surface area contributed by atoms with E-state index in [0.29, 0.717) is 17.5 Å². The molecule has 0 unspecified atom stereocenters. The van der Waals surface area contributed by atoms with Crippen molar-refractivity contribution in [2.24, 2.45) is 0 Å². The monoisotopic (exact) mass is 414 g/mol. The van der Waals surface area contributed by atoms with Crippen LogP contribution in [0.25, 0.3) is 10.8 Å². The van der Waals surface area contributed by atoms with E-state index in [9.17, 15) is 14.4 Å². The molecule has 0 aromatic heterocycles. The molecule has 0 aliphatic carbocycles. The average molecular weight is 415 g/mol. The lowest BCUT2D eigenvalue weighted by atomic mass is 9.94. The summed E-state index contributed by atoms with van der Waals surface area (Å²) < 4.78 is 0. The number of carbonyl (C=O) groups is 3. The number of nitrogens with one attached hydrogen (secondary N) is 1. The zero-order valence-electron chi connectivity index (χ0n) is 17.9. The third-order valence-electron chi connectivity index (χ3n) is 5.90. The molecule has 3 amide bonds. The van der Waals surface area contributed by atoms with E-state index >= 15 is 0 Å². The van der Waals surface area contributed by atoms with Gasteiger partial charge in [-0.2, -0.15) is 0 Å². The van der Waals surface area contributed by atoms with Gasteiger partial charge in [0.05, 0.1) is 0 Å². The number of amides is 3. The fourth-order valence-corrected chi connectivity index (χ4v) is 4.29. The fourth-order valence-electron chi connectivity index (χ4n) is 4.29. The maximum Gasteiger partial charge on any atom is 0.261 e. The van der Waals surface area contributed by atoms with Crippen LogP contribution in [0.1, 0.15) is 58.5 Å². The maximum atomic E-state index is 13.0. The van der Waals surface area contributed by atoms with Crippen LogP contribution in [0.5, 0.6) is 0 Å². The molecule has 0 saturated carbocycles. The Hall–Kier alpha value is -3.47. The number of carbonyl (C=O) groups excluding carboxylic acids is 3. The first-order valence-electron chi connectivity index (χ1n) is 10.8. The second-order valence-corrected chi connectivity index (χ2v) is 7.78. The fraction of sp³-hybridized carbons (Fsp3) is 0.269. The van der Waals surface area contributed by atoms with Gasteiger partial charge in [0.2, 0.25) is 5.91 Å². The molecule has 0 saturated heterocycles. The zero-order chi connectivity index (χ0) is 22.0. The Balaban J connectivity index is 1.44. The van der Waals surface area contributed by atoms with Crippen LogP contribution in [-0.4, -0.2) is 29.2 Å². The van der Waals surface area contributed by atoms with Crippen LogP contribution in [0.2, 0.25) is 0 Å². The van der Waals surface area contributed by atoms with Crippen LogP contribution in [0.3, 0.4) is 0 Å². The van der Waals surface area contributed by atoms with Crippen LogP contribution >= 0.6 is 0 Å². The van der Waals surface area contributed by atoms with Gasteiger partial charge in [0.25, 0.3) is 11.8 Å². The molecule has 1 aliphatic heterocycles. The van der Waals surface area contributed by atoms with Crippen molar-refractivity contribution in [2.45, 2.75) is 39.5 Å². The quantitative estimate of drug-likeness (QED) is 0.555. The van der Waals surface area contributed by atoms with Gasteiger partial charge in [0.1, 0.15) is 0 Å². The predicted molar refractivity (Wildman–Crippen MR) is 122 cm³/mol. The first-order valence-corrected chi connectivity index (χ1v) is 10.8. The smallest absolute Gasteiger partial charge is 0.261 e. The van der Waals surface area contributed by atoms with E-state index in [0.717, 1.165) is 40.4 Å². The normalized spacial score (nSPS) is 13.0. The second-order valence-electron chi connectivity index (χ2n) is 7.78. The van der Waals surface area contributed by atoms with Gasteiger partial charge >= 0.3 is 0 Å². The van der Waals surface area contributed by atoms with E-state index in [1.807, 2.05) is 42.5 Å². The largest absolute Gasteiger partial charge is 0.326 e. The number of benzene rings is 3. The number of nitrogens with zero attached hydrogens (tertiary/aromatic N) is 1. The Kier molecular flexibility index (Phi) is 5.85. The number of anilines is 1. The highest BCUT2D eigenvalue weighted by Crippen LogP contribution is 2.30. The van der Waals surface area contributed by atoms with Gasteiger partial charge in [0.15, 0.2) is 0 Å². The number of hydrogen-bond acceptors (Lipinski definition) is 3. The Morgan fingerprint density at radius 2 is 1.39 bits per heavy atom. The van der Waals surface area contributed by atoms with E-state index in [1.165, 1.54) is 4.90 Å². The lowest BCUT2D eigenvalue weighted by molar-refractivity contribution is -0.116. The summed E-state index contributed by atoms with van der Waals surface area (Å²) in [5.74, 6) is -0.686. The van der Waals surface area contributed by atoms with Gasteiger partial charge in [-0.1, -0.05) is 56.3 Å². The molecule has 4 rings (SSSR count). The summed E-state index contributed by atoms with van der Waals surface area (Å²) in [5.41, 5.74) is 4.20. The first kappa shape index (κ1) is 20.8. The van der Waals surface area contributed by atoms with Crippen LogP contribution < -0.4 is 5.32 Å². The van der Waals surface area contributed by atoms with E-state index in [4.69, 9.17) is 0 Å². The maximum absolute atomic E-state index is 13.0. The van der Waals surface area contributed by atoms with Crippen molar-refractivity contribution in [3.05, 3.63) is 76.9 Å². The number of rotatable bonds is 7. The van der Waals surface area contributed by atoms with Gasteiger partial charge in [-0.3, -0.25) is 19.3 Å². The topological polar surface area (TPSA) is 66.5 Å². The summed E-state index contributed by atoms with van der Waals surface area (Å²) >= 11 is 0. The lowest BCUT2D eigenvalue weighted by Crippen LogP contribution is -2.41. The van der Waals surface area contributed by atoms with E-state index in [1.54, 1.807) is 12.1 Å². The SMILES string of the molecule is CCc1cccc(CC)c1NC(=O)CCCN1C(=O)c2cccc3cccc(c23)C1=O. The summed E-state index contributed by atoms with van der Waals surface area (Å²) in [6.45, 7) is 4.35. The van der Waals surface area contributed by atoms with Gasteiger partial charge in [-0.15, -0.1) is 0 Å². The third-order valence-corrected chi connectivity index (χ3v) is 5.90. The van der Waals surface area contributed by atoms with Crippen LogP contribution in [0, 0.1) is 0 Å². The number of hydrogen-bond donors (Lipinski definition) is 1. The molecule has 1 aliphatic rings. The summed E-state index contributed by atoms with van der Waals surface area (Å²) in [6.07, 6.45) is 2.33. The molecule has 0 radical (unpaired) electrons. The summed E-state index contributed by atoms with van der Waals surface area (Å²) in [7, 11) is 0. The second kappa shape index (κ2) is 8.72. The van der Waals surface area contributed by atoms with E-state index in [-0.39, 0.29) is 30.7 Å². The lowest BCUT2D eigenvalue weighted by Gasteiger charge is -2.27. The molecule has 5 heteroatoms. The molecule has 158 valence electrons. The van der Waals surface area contributed by atoms with Crippen molar-refractivity contribution in [3.8, 4) is 0 Å². The van der Waals surface area contributed by atoms with Gasteiger partial charge in [0, 0.05) is 35.2 Å².